The lowest BCUT2D eigenvalue weighted by atomic mass is 9.97. The van der Waals surface area contributed by atoms with E-state index in [1.54, 1.807) is 0 Å². The van der Waals surface area contributed by atoms with Crippen molar-refractivity contribution in [1.82, 2.24) is 9.55 Å². The molecule has 1 unspecified atom stereocenters. The summed E-state index contributed by atoms with van der Waals surface area (Å²) >= 11 is 7.17. The van der Waals surface area contributed by atoms with Crippen LogP contribution >= 0.6 is 11.6 Å². The molecule has 0 amide bonds. The molecule has 0 aromatic carbocycles. The number of ether oxygens (including phenoxy) is 1. The smallest absolute Gasteiger partial charge is 0.329 e. The molecule has 0 spiro atoms. The van der Waals surface area contributed by atoms with E-state index in [1.165, 1.54) is 16.8 Å². The van der Waals surface area contributed by atoms with Crippen molar-refractivity contribution in [3.8, 4) is 0 Å². The molecular weight excluding hydrogens is 464 g/mol. The summed E-state index contributed by atoms with van der Waals surface area (Å²) in [7, 11) is -4.39. The molecule has 10 heteroatoms. The Morgan fingerprint density at radius 3 is 2.12 bits per heavy atom. The highest BCUT2D eigenvalue weighted by molar-refractivity contribution is 6.74. The molecule has 1 saturated heterocycles. The second kappa shape index (κ2) is 8.50. The number of hydrogen-bond donors (Lipinski definition) is 1. The fraction of sp³-hybridized carbons (Fsp3) is 0.818. The average Bonchev–Trinajstić information content (AvgIpc) is 2.84. The number of nitrogens with one attached hydrogen (secondary N) is 1. The number of halogens is 1. The van der Waals surface area contributed by atoms with Crippen LogP contribution in [0.1, 0.15) is 48.5 Å². The number of hydrogen-bond acceptors (Lipinski definition) is 5. The van der Waals surface area contributed by atoms with E-state index in [0.29, 0.717) is 6.61 Å². The van der Waals surface area contributed by atoms with Crippen molar-refractivity contribution in [2.24, 2.45) is 0 Å². The predicted molar refractivity (Wildman–Crippen MR) is 135 cm³/mol. The Bertz CT molecular complexity index is 947. The number of H-pyrrole nitrogens is 1. The highest BCUT2D eigenvalue weighted by atomic mass is 35.5. The third-order valence-electron chi connectivity index (χ3n) is 7.53. The second-order valence-electron chi connectivity index (χ2n) is 12.2. The topological polar surface area (TPSA) is 82.5 Å². The van der Waals surface area contributed by atoms with Gasteiger partial charge in [-0.2, -0.15) is 0 Å². The Morgan fingerprint density at radius 1 is 1.12 bits per heavy atom. The molecule has 184 valence electrons. The van der Waals surface area contributed by atoms with Gasteiger partial charge in [-0.25, -0.2) is 4.79 Å². The van der Waals surface area contributed by atoms with E-state index >= 15 is 0 Å². The number of rotatable bonds is 6. The van der Waals surface area contributed by atoms with Gasteiger partial charge >= 0.3 is 5.69 Å². The molecule has 0 aliphatic carbocycles. The van der Waals surface area contributed by atoms with Crippen molar-refractivity contribution in [3.05, 3.63) is 33.1 Å². The van der Waals surface area contributed by atoms with Crippen molar-refractivity contribution in [2.45, 2.75) is 101 Å². The van der Waals surface area contributed by atoms with Crippen molar-refractivity contribution in [2.75, 3.05) is 13.2 Å². The van der Waals surface area contributed by atoms with Crippen LogP contribution in [0.5, 0.6) is 0 Å². The highest BCUT2D eigenvalue weighted by Crippen LogP contribution is 2.48. The maximum Gasteiger partial charge on any atom is 0.329 e. The lowest BCUT2D eigenvalue weighted by Gasteiger charge is -2.46. The molecule has 1 aromatic rings. The fourth-order valence-corrected chi connectivity index (χ4v) is 6.14. The van der Waals surface area contributed by atoms with E-state index in [0.717, 1.165) is 0 Å². The molecule has 7 nitrogen and oxygen atoms in total. The number of aromatic amines is 1. The first kappa shape index (κ1) is 27.5. The maximum absolute atomic E-state index is 12.7. The van der Waals surface area contributed by atoms with Gasteiger partial charge in [0.1, 0.15) is 11.7 Å². The van der Waals surface area contributed by atoms with Gasteiger partial charge in [0, 0.05) is 12.3 Å². The highest BCUT2D eigenvalue weighted by Gasteiger charge is 2.61. The van der Waals surface area contributed by atoms with Crippen molar-refractivity contribution in [1.29, 1.82) is 0 Å². The number of alkyl halides is 1. The first-order valence-corrected chi connectivity index (χ1v) is 17.3. The zero-order valence-corrected chi connectivity index (χ0v) is 24.3. The van der Waals surface area contributed by atoms with E-state index in [-0.39, 0.29) is 16.7 Å². The van der Waals surface area contributed by atoms with Crippen LogP contribution in [-0.2, 0) is 18.6 Å². The van der Waals surface area contributed by atoms with Gasteiger partial charge in [0.2, 0.25) is 0 Å². The predicted octanol–water partition coefficient (Wildman–Crippen LogP) is 4.63. The van der Waals surface area contributed by atoms with Gasteiger partial charge in [-0.1, -0.05) is 53.1 Å². The standard InChI is InChI=1S/C22H41ClN2O5Si2/c1-19(2,3)31(8,9)29-14-21(7)17(30-32(10,11)20(4,5)6)22(23,15-28-21)25-13-12-16(26)24-18(25)27/h12-13,17H,14-15H2,1-11H3,(H,24,26,27)/t17?,21-,22+/m1/s1. The van der Waals surface area contributed by atoms with Gasteiger partial charge in [-0.05, 0) is 43.2 Å². The largest absolute Gasteiger partial charge is 0.414 e. The lowest BCUT2D eigenvalue weighted by Crippen LogP contribution is -2.60. The molecule has 2 rings (SSSR count). The number of aromatic nitrogens is 2. The van der Waals surface area contributed by atoms with Crippen LogP contribution < -0.4 is 11.2 Å². The Labute approximate surface area is 199 Å². The van der Waals surface area contributed by atoms with E-state index in [4.69, 9.17) is 25.2 Å². The molecule has 32 heavy (non-hydrogen) atoms. The SMILES string of the molecule is CC(C)(C)[Si](C)(C)OC[C@@]1(C)OC[C@](Cl)(n2ccc(=O)[nH]c2=O)C1O[Si](C)(C)C(C)(C)C. The van der Waals surface area contributed by atoms with E-state index in [9.17, 15) is 9.59 Å². The molecule has 1 aliphatic rings. The molecule has 3 atom stereocenters. The van der Waals surface area contributed by atoms with Gasteiger partial charge in [0.05, 0.1) is 13.2 Å². The average molecular weight is 505 g/mol. The van der Waals surface area contributed by atoms with E-state index < -0.39 is 44.6 Å². The molecule has 2 heterocycles. The Balaban J connectivity index is 2.55. The molecular formula is C22H41ClN2O5Si2. The summed E-state index contributed by atoms with van der Waals surface area (Å²) in [5, 5.41) is -0.0454. The van der Waals surface area contributed by atoms with Crippen molar-refractivity contribution >= 4 is 28.2 Å². The third kappa shape index (κ3) is 5.17. The minimum Gasteiger partial charge on any atom is -0.414 e. The van der Waals surface area contributed by atoms with Gasteiger partial charge in [-0.3, -0.25) is 14.3 Å². The molecule has 0 bridgehead atoms. The molecule has 1 N–H and O–H groups in total. The monoisotopic (exact) mass is 504 g/mol. The Hall–Kier alpha value is -0.716. The van der Waals surface area contributed by atoms with Crippen LogP contribution in [-0.4, -0.2) is 51.1 Å². The van der Waals surface area contributed by atoms with E-state index in [1.807, 2.05) is 6.92 Å². The Kier molecular flexibility index (Phi) is 7.31. The molecule has 1 aliphatic heterocycles. The van der Waals surface area contributed by atoms with Crippen LogP contribution in [0.3, 0.4) is 0 Å². The zero-order valence-electron chi connectivity index (χ0n) is 21.5. The van der Waals surface area contributed by atoms with Gasteiger partial charge in [-0.15, -0.1) is 0 Å². The van der Waals surface area contributed by atoms with Crippen LogP contribution in [0.25, 0.3) is 0 Å². The Morgan fingerprint density at radius 2 is 1.66 bits per heavy atom. The van der Waals surface area contributed by atoms with Crippen molar-refractivity contribution in [3.63, 3.8) is 0 Å². The number of nitrogens with zero attached hydrogens (tertiary/aromatic N) is 1. The van der Waals surface area contributed by atoms with Gasteiger partial charge in [0.25, 0.3) is 5.56 Å². The van der Waals surface area contributed by atoms with Gasteiger partial charge < -0.3 is 13.6 Å². The van der Waals surface area contributed by atoms with Crippen LogP contribution in [0.2, 0.25) is 36.3 Å². The summed E-state index contributed by atoms with van der Waals surface area (Å²) in [5.41, 5.74) is -1.94. The molecule has 1 aromatic heterocycles. The summed E-state index contributed by atoms with van der Waals surface area (Å²) in [6.45, 7) is 24.0. The normalized spacial score (nSPS) is 27.7. The summed E-state index contributed by atoms with van der Waals surface area (Å²) in [4.78, 5) is 25.3. The quantitative estimate of drug-likeness (QED) is 0.451. The minimum atomic E-state index is -2.32. The summed E-state index contributed by atoms with van der Waals surface area (Å²) in [6, 6.07) is 1.29. The second-order valence-corrected chi connectivity index (χ2v) is 22.4. The molecule has 0 saturated carbocycles. The van der Waals surface area contributed by atoms with Crippen LogP contribution in [0, 0.1) is 0 Å². The summed E-state index contributed by atoms with van der Waals surface area (Å²) < 4.78 is 21.0. The van der Waals surface area contributed by atoms with Crippen LogP contribution in [0.15, 0.2) is 21.9 Å². The lowest BCUT2D eigenvalue weighted by molar-refractivity contribution is -0.0711. The van der Waals surface area contributed by atoms with Gasteiger partial charge in [0.15, 0.2) is 21.6 Å². The molecule has 0 radical (unpaired) electrons. The fourth-order valence-electron chi connectivity index (χ4n) is 3.14. The maximum atomic E-state index is 12.7. The first-order valence-electron chi connectivity index (χ1n) is 11.1. The van der Waals surface area contributed by atoms with E-state index in [2.05, 4.69) is 72.7 Å². The van der Waals surface area contributed by atoms with Crippen molar-refractivity contribution < 1.29 is 13.6 Å². The third-order valence-corrected chi connectivity index (χ3v) is 16.9. The summed E-state index contributed by atoms with van der Waals surface area (Å²) in [6.07, 6.45) is 0.755. The molecule has 1 fully saturated rings. The minimum absolute atomic E-state index is 0.0334. The summed E-state index contributed by atoms with van der Waals surface area (Å²) in [5.74, 6) is 0. The zero-order chi connectivity index (χ0) is 25.0. The first-order chi connectivity index (χ1) is 14.2. The van der Waals surface area contributed by atoms with Crippen LogP contribution in [0.4, 0.5) is 0 Å².